The number of alkyl halides is 1. The monoisotopic (exact) mass is 238 g/mol. The van der Waals surface area contributed by atoms with Crippen molar-refractivity contribution in [2.45, 2.75) is 6.17 Å². The molecule has 0 amide bonds. The summed E-state index contributed by atoms with van der Waals surface area (Å²) in [6.45, 7) is 4.24. The highest BCUT2D eigenvalue weighted by atomic mass is 19.1. The van der Waals surface area contributed by atoms with Gasteiger partial charge in [0.2, 0.25) is 0 Å². The first-order valence-corrected chi connectivity index (χ1v) is 6.00. The van der Waals surface area contributed by atoms with Gasteiger partial charge in [0.05, 0.1) is 7.11 Å². The summed E-state index contributed by atoms with van der Waals surface area (Å²) in [5.41, 5.74) is 0.726. The molecule has 2 rings (SSSR count). The molecule has 1 fully saturated rings. The van der Waals surface area contributed by atoms with Crippen LogP contribution in [0.3, 0.4) is 0 Å². The van der Waals surface area contributed by atoms with Crippen molar-refractivity contribution in [3.63, 3.8) is 0 Å². The third-order valence-corrected chi connectivity index (χ3v) is 3.11. The summed E-state index contributed by atoms with van der Waals surface area (Å²) in [5.74, 6) is 0.767. The predicted molar refractivity (Wildman–Crippen MR) is 66.2 cm³/mol. The number of rotatable bonds is 4. The number of benzene rings is 1. The molecule has 1 N–H and O–H groups in total. The Morgan fingerprint density at radius 1 is 1.29 bits per heavy atom. The van der Waals surface area contributed by atoms with Crippen molar-refractivity contribution in [1.82, 2.24) is 10.2 Å². The minimum Gasteiger partial charge on any atom is -0.497 e. The lowest BCUT2D eigenvalue weighted by Gasteiger charge is -2.28. The van der Waals surface area contributed by atoms with Gasteiger partial charge in [0.25, 0.3) is 0 Å². The fraction of sp³-hybridized carbons (Fsp3) is 0.538. The normalized spacial score (nSPS) is 18.9. The Kier molecular flexibility index (Phi) is 4.34. The van der Waals surface area contributed by atoms with Crippen LogP contribution in [0.25, 0.3) is 0 Å². The molecule has 0 spiro atoms. The summed E-state index contributed by atoms with van der Waals surface area (Å²) in [6.07, 6.45) is -0.918. The van der Waals surface area contributed by atoms with Crippen molar-refractivity contribution in [2.75, 3.05) is 39.8 Å². The van der Waals surface area contributed by atoms with Crippen LogP contribution in [-0.2, 0) is 0 Å². The highest BCUT2D eigenvalue weighted by molar-refractivity contribution is 5.28. The van der Waals surface area contributed by atoms with Crippen molar-refractivity contribution < 1.29 is 9.13 Å². The zero-order valence-electron chi connectivity index (χ0n) is 10.2. The zero-order valence-corrected chi connectivity index (χ0v) is 10.2. The van der Waals surface area contributed by atoms with E-state index in [1.165, 1.54) is 0 Å². The van der Waals surface area contributed by atoms with Crippen LogP contribution < -0.4 is 10.1 Å². The first-order chi connectivity index (χ1) is 8.29. The van der Waals surface area contributed by atoms with Crippen LogP contribution in [-0.4, -0.2) is 44.7 Å². The lowest BCUT2D eigenvalue weighted by molar-refractivity contribution is 0.175. The molecule has 1 aliphatic rings. The molecule has 1 heterocycles. The molecule has 0 unspecified atom stereocenters. The number of nitrogens with zero attached hydrogens (tertiary/aromatic N) is 1. The molecule has 17 heavy (non-hydrogen) atoms. The topological polar surface area (TPSA) is 24.5 Å². The fourth-order valence-corrected chi connectivity index (χ4v) is 2.04. The molecule has 1 atom stereocenters. The van der Waals surface area contributed by atoms with Gasteiger partial charge in [-0.2, -0.15) is 0 Å². The Labute approximate surface area is 102 Å². The van der Waals surface area contributed by atoms with Crippen molar-refractivity contribution >= 4 is 0 Å². The third-order valence-electron chi connectivity index (χ3n) is 3.11. The highest BCUT2D eigenvalue weighted by Gasteiger charge is 2.16. The second-order valence-corrected chi connectivity index (χ2v) is 4.29. The Morgan fingerprint density at radius 3 is 2.53 bits per heavy atom. The van der Waals surface area contributed by atoms with E-state index >= 15 is 0 Å². The molecule has 0 aromatic heterocycles. The van der Waals surface area contributed by atoms with E-state index in [0.29, 0.717) is 6.54 Å². The SMILES string of the molecule is COc1ccc([C@H](F)CN2CCNCC2)cc1. The summed E-state index contributed by atoms with van der Waals surface area (Å²) < 4.78 is 19.1. The smallest absolute Gasteiger partial charge is 0.138 e. The Hall–Kier alpha value is -1.13. The minimum atomic E-state index is -0.918. The first-order valence-electron chi connectivity index (χ1n) is 6.00. The molecule has 0 saturated carbocycles. The largest absolute Gasteiger partial charge is 0.497 e. The van der Waals surface area contributed by atoms with Crippen LogP contribution in [0.4, 0.5) is 4.39 Å². The van der Waals surface area contributed by atoms with E-state index in [2.05, 4.69) is 10.2 Å². The molecule has 94 valence electrons. The summed E-state index contributed by atoms with van der Waals surface area (Å²) in [6, 6.07) is 7.21. The first kappa shape index (κ1) is 12.3. The second kappa shape index (κ2) is 5.98. The van der Waals surface area contributed by atoms with E-state index in [-0.39, 0.29) is 0 Å². The molecular formula is C13H19FN2O. The molecule has 1 aliphatic heterocycles. The molecule has 4 heteroatoms. The van der Waals surface area contributed by atoms with Crippen LogP contribution in [0.2, 0.25) is 0 Å². The van der Waals surface area contributed by atoms with Gasteiger partial charge in [-0.1, -0.05) is 12.1 Å². The van der Waals surface area contributed by atoms with E-state index in [4.69, 9.17) is 4.74 Å². The van der Waals surface area contributed by atoms with Crippen LogP contribution in [0.1, 0.15) is 11.7 Å². The molecule has 1 saturated heterocycles. The van der Waals surface area contributed by atoms with E-state index in [9.17, 15) is 4.39 Å². The number of methoxy groups -OCH3 is 1. The number of hydrogen-bond donors (Lipinski definition) is 1. The van der Waals surface area contributed by atoms with Gasteiger partial charge in [0.15, 0.2) is 0 Å². The van der Waals surface area contributed by atoms with Crippen molar-refractivity contribution in [1.29, 1.82) is 0 Å². The van der Waals surface area contributed by atoms with Crippen LogP contribution in [0, 0.1) is 0 Å². The molecule has 0 aliphatic carbocycles. The van der Waals surface area contributed by atoms with Gasteiger partial charge in [-0.25, -0.2) is 4.39 Å². The zero-order chi connectivity index (χ0) is 12.1. The van der Waals surface area contributed by atoms with E-state index < -0.39 is 6.17 Å². The van der Waals surface area contributed by atoms with Crippen molar-refractivity contribution in [2.24, 2.45) is 0 Å². The average molecular weight is 238 g/mol. The molecule has 1 aromatic carbocycles. The molecular weight excluding hydrogens is 219 g/mol. The molecule has 0 bridgehead atoms. The number of piperazine rings is 1. The Morgan fingerprint density at radius 2 is 1.94 bits per heavy atom. The van der Waals surface area contributed by atoms with Crippen molar-refractivity contribution in [3.05, 3.63) is 29.8 Å². The maximum atomic E-state index is 14.1. The summed E-state index contributed by atoms with van der Waals surface area (Å²) in [7, 11) is 1.61. The van der Waals surface area contributed by atoms with Gasteiger partial charge < -0.3 is 10.1 Å². The van der Waals surface area contributed by atoms with Crippen LogP contribution in [0.15, 0.2) is 24.3 Å². The third kappa shape index (κ3) is 3.41. The average Bonchev–Trinajstić information content (AvgIpc) is 2.40. The minimum absolute atomic E-state index is 0.480. The quantitative estimate of drug-likeness (QED) is 0.862. The second-order valence-electron chi connectivity index (χ2n) is 4.29. The van der Waals surface area contributed by atoms with Crippen molar-refractivity contribution in [3.8, 4) is 5.75 Å². The highest BCUT2D eigenvalue weighted by Crippen LogP contribution is 2.21. The van der Waals surface area contributed by atoms with Gasteiger partial charge >= 0.3 is 0 Å². The summed E-state index contributed by atoms with van der Waals surface area (Å²) in [4.78, 5) is 2.16. The molecule has 1 aromatic rings. The number of halogens is 1. The summed E-state index contributed by atoms with van der Waals surface area (Å²) in [5, 5.41) is 3.26. The van der Waals surface area contributed by atoms with Gasteiger partial charge in [-0.3, -0.25) is 4.90 Å². The number of ether oxygens (including phenoxy) is 1. The maximum Gasteiger partial charge on any atom is 0.138 e. The maximum absolute atomic E-state index is 14.1. The Balaban J connectivity index is 1.91. The van der Waals surface area contributed by atoms with E-state index in [0.717, 1.165) is 37.5 Å². The lowest BCUT2D eigenvalue weighted by Crippen LogP contribution is -2.44. The fourth-order valence-electron chi connectivity index (χ4n) is 2.04. The standard InChI is InChI=1S/C13H19FN2O/c1-17-12-4-2-11(3-5-12)13(14)10-16-8-6-15-7-9-16/h2-5,13,15H,6-10H2,1H3/t13-/m1/s1. The van der Waals surface area contributed by atoms with E-state index in [1.807, 2.05) is 0 Å². The lowest BCUT2D eigenvalue weighted by atomic mass is 10.1. The molecule has 3 nitrogen and oxygen atoms in total. The van der Waals surface area contributed by atoms with Gasteiger partial charge in [0, 0.05) is 32.7 Å². The predicted octanol–water partition coefficient (Wildman–Crippen LogP) is 1.61. The van der Waals surface area contributed by atoms with Gasteiger partial charge in [0.1, 0.15) is 11.9 Å². The van der Waals surface area contributed by atoms with E-state index in [1.54, 1.807) is 31.4 Å². The van der Waals surface area contributed by atoms with Crippen LogP contribution in [0.5, 0.6) is 5.75 Å². The summed E-state index contributed by atoms with van der Waals surface area (Å²) >= 11 is 0. The van der Waals surface area contributed by atoms with Gasteiger partial charge in [-0.05, 0) is 17.7 Å². The number of hydrogen-bond acceptors (Lipinski definition) is 3. The molecule has 0 radical (unpaired) electrons. The number of nitrogens with one attached hydrogen (secondary N) is 1. The van der Waals surface area contributed by atoms with Crippen LogP contribution >= 0.6 is 0 Å². The Bertz CT molecular complexity index is 336. The van der Waals surface area contributed by atoms with Gasteiger partial charge in [-0.15, -0.1) is 0 Å².